The number of hydrogen-bond acceptors (Lipinski definition) is 8. The monoisotopic (exact) mass is 531 g/mol. The maximum atomic E-state index is 13.2. The number of fused-ring (bicyclic) bond motifs is 1. The van der Waals surface area contributed by atoms with Crippen molar-refractivity contribution < 1.29 is 14.3 Å². The largest absolute Gasteiger partial charge is 0.383 e. The molecule has 0 aliphatic carbocycles. The topological polar surface area (TPSA) is 132 Å². The fraction of sp³-hybridized carbons (Fsp3) is 0.407. The average Bonchev–Trinajstić information content (AvgIpc) is 3.63. The van der Waals surface area contributed by atoms with Crippen LogP contribution in [0.2, 0.25) is 0 Å². The van der Waals surface area contributed by atoms with Crippen LogP contribution in [0, 0.1) is 6.92 Å². The number of pyridine rings is 1. The van der Waals surface area contributed by atoms with Crippen LogP contribution in [0.4, 0.5) is 11.4 Å². The highest BCUT2D eigenvalue weighted by Gasteiger charge is 2.32. The summed E-state index contributed by atoms with van der Waals surface area (Å²) in [7, 11) is 1.65. The predicted octanol–water partition coefficient (Wildman–Crippen LogP) is 3.01. The molecule has 4 aromatic heterocycles. The summed E-state index contributed by atoms with van der Waals surface area (Å²) in [5.74, 6) is -0.458. The maximum Gasteiger partial charge on any atom is 0.259 e. The first-order valence-corrected chi connectivity index (χ1v) is 12.9. The number of nitrogens with zero attached hydrogens (tertiary/aromatic N) is 7. The average molecular weight is 532 g/mol. The number of rotatable bonds is 9. The number of aromatic nitrogens is 6. The third kappa shape index (κ3) is 5.81. The fourth-order valence-electron chi connectivity index (χ4n) is 4.76. The molecule has 1 saturated heterocycles. The van der Waals surface area contributed by atoms with Gasteiger partial charge < -0.3 is 15.4 Å². The SMILES string of the molecule is COCCn1cc(-c2cn3ncc(C(=O)Nc4cc(NC(=O)CN5CCCC5(C)C)cnc4C)c3cn2)cn1. The summed E-state index contributed by atoms with van der Waals surface area (Å²) >= 11 is 0. The summed E-state index contributed by atoms with van der Waals surface area (Å²) in [4.78, 5) is 37.0. The molecule has 1 aliphatic rings. The maximum absolute atomic E-state index is 13.2. The molecule has 0 unspecified atom stereocenters. The van der Waals surface area contributed by atoms with Crippen LogP contribution in [-0.4, -0.2) is 78.4 Å². The second-order valence-electron chi connectivity index (χ2n) is 10.3. The molecule has 204 valence electrons. The van der Waals surface area contributed by atoms with Gasteiger partial charge in [-0.2, -0.15) is 10.2 Å². The van der Waals surface area contributed by atoms with E-state index in [1.165, 1.54) is 6.20 Å². The van der Waals surface area contributed by atoms with Crippen molar-refractivity contribution in [2.24, 2.45) is 0 Å². The molecular weight excluding hydrogens is 498 g/mol. The normalized spacial score (nSPS) is 15.1. The number of carbonyl (C=O) groups excluding carboxylic acids is 2. The Morgan fingerprint density at radius 3 is 2.69 bits per heavy atom. The van der Waals surface area contributed by atoms with Crippen molar-refractivity contribution in [1.29, 1.82) is 0 Å². The van der Waals surface area contributed by atoms with Crippen molar-refractivity contribution in [3.63, 3.8) is 0 Å². The lowest BCUT2D eigenvalue weighted by molar-refractivity contribution is -0.118. The zero-order chi connectivity index (χ0) is 27.6. The van der Waals surface area contributed by atoms with E-state index in [0.717, 1.165) is 24.9 Å². The predicted molar refractivity (Wildman–Crippen MR) is 147 cm³/mol. The van der Waals surface area contributed by atoms with Gasteiger partial charge in [0.05, 0.1) is 84.5 Å². The second kappa shape index (κ2) is 10.9. The molecule has 0 atom stereocenters. The van der Waals surface area contributed by atoms with E-state index in [0.29, 0.717) is 53.5 Å². The van der Waals surface area contributed by atoms with Crippen molar-refractivity contribution in [2.45, 2.75) is 45.7 Å². The van der Waals surface area contributed by atoms with Gasteiger partial charge in [-0.1, -0.05) is 0 Å². The van der Waals surface area contributed by atoms with Crippen molar-refractivity contribution in [1.82, 2.24) is 34.3 Å². The lowest BCUT2D eigenvalue weighted by atomic mass is 10.0. The first kappa shape index (κ1) is 26.4. The molecule has 12 nitrogen and oxygen atoms in total. The second-order valence-corrected chi connectivity index (χ2v) is 10.3. The van der Waals surface area contributed by atoms with Crippen LogP contribution in [0.3, 0.4) is 0 Å². The zero-order valence-electron chi connectivity index (χ0n) is 22.6. The molecular formula is C27H33N9O3. The van der Waals surface area contributed by atoms with E-state index < -0.39 is 0 Å². The molecule has 0 aromatic carbocycles. The Morgan fingerprint density at radius 2 is 1.92 bits per heavy atom. The Labute approximate surface area is 226 Å². The van der Waals surface area contributed by atoms with E-state index in [1.807, 2.05) is 6.20 Å². The van der Waals surface area contributed by atoms with Crippen molar-refractivity contribution in [3.05, 3.63) is 54.5 Å². The number of nitrogens with one attached hydrogen (secondary N) is 2. The Kier molecular flexibility index (Phi) is 7.40. The third-order valence-electron chi connectivity index (χ3n) is 7.13. The fourth-order valence-corrected chi connectivity index (χ4v) is 4.76. The van der Waals surface area contributed by atoms with Gasteiger partial charge >= 0.3 is 0 Å². The summed E-state index contributed by atoms with van der Waals surface area (Å²) in [6.45, 7) is 8.53. The van der Waals surface area contributed by atoms with Gasteiger partial charge in [-0.3, -0.25) is 29.1 Å². The Hall–Kier alpha value is -4.16. The molecule has 2 N–H and O–H groups in total. The van der Waals surface area contributed by atoms with E-state index in [4.69, 9.17) is 4.74 Å². The number of aryl methyl sites for hydroxylation is 1. The van der Waals surface area contributed by atoms with Crippen molar-refractivity contribution >= 4 is 28.7 Å². The van der Waals surface area contributed by atoms with Gasteiger partial charge in [0, 0.05) is 24.4 Å². The molecule has 0 spiro atoms. The Balaban J connectivity index is 1.28. The number of hydrogen-bond donors (Lipinski definition) is 2. The van der Waals surface area contributed by atoms with Gasteiger partial charge in [0.25, 0.3) is 5.91 Å². The quantitative estimate of drug-likeness (QED) is 0.337. The molecule has 0 radical (unpaired) electrons. The Morgan fingerprint density at radius 1 is 1.08 bits per heavy atom. The number of carbonyl (C=O) groups is 2. The highest BCUT2D eigenvalue weighted by Crippen LogP contribution is 2.28. The van der Waals surface area contributed by atoms with Gasteiger partial charge in [0.15, 0.2) is 0 Å². The number of anilines is 2. The van der Waals surface area contributed by atoms with Crippen LogP contribution < -0.4 is 10.6 Å². The Bertz CT molecular complexity index is 1510. The van der Waals surface area contributed by atoms with Crippen LogP contribution in [0.15, 0.2) is 43.2 Å². The summed E-state index contributed by atoms with van der Waals surface area (Å²) in [6.07, 6.45) is 12.2. The minimum absolute atomic E-state index is 0.0119. The van der Waals surface area contributed by atoms with E-state index in [1.54, 1.807) is 54.1 Å². The number of ether oxygens (including phenoxy) is 1. The van der Waals surface area contributed by atoms with Crippen LogP contribution in [0.5, 0.6) is 0 Å². The standard InChI is InChI=1S/C27H33N9O3/c1-18-22(10-20(12-28-18)32-25(37)17-34-7-5-6-27(34,2)3)33-26(38)21-13-31-36-16-23(29-14-24(21)36)19-11-30-35(15-19)8-9-39-4/h10-16H,5-9,17H2,1-4H3,(H,32,37)(H,33,38). The molecule has 2 amide bonds. The first-order valence-electron chi connectivity index (χ1n) is 12.9. The van der Waals surface area contributed by atoms with Crippen LogP contribution in [0.25, 0.3) is 16.8 Å². The molecule has 39 heavy (non-hydrogen) atoms. The molecule has 4 aromatic rings. The molecule has 0 saturated carbocycles. The van der Waals surface area contributed by atoms with Crippen LogP contribution in [0.1, 0.15) is 42.7 Å². The zero-order valence-corrected chi connectivity index (χ0v) is 22.6. The highest BCUT2D eigenvalue weighted by molar-refractivity contribution is 6.09. The number of likely N-dealkylation sites (tertiary alicyclic amines) is 1. The van der Waals surface area contributed by atoms with Gasteiger partial charge in [0.2, 0.25) is 5.91 Å². The minimum Gasteiger partial charge on any atom is -0.383 e. The van der Waals surface area contributed by atoms with E-state index >= 15 is 0 Å². The summed E-state index contributed by atoms with van der Waals surface area (Å²) in [5, 5.41) is 14.5. The molecule has 0 bridgehead atoms. The van der Waals surface area contributed by atoms with E-state index in [-0.39, 0.29) is 17.4 Å². The van der Waals surface area contributed by atoms with Gasteiger partial charge in [-0.05, 0) is 46.2 Å². The van der Waals surface area contributed by atoms with Gasteiger partial charge in [-0.25, -0.2) is 4.52 Å². The first-order chi connectivity index (χ1) is 18.7. The summed E-state index contributed by atoms with van der Waals surface area (Å²) in [6, 6.07) is 1.72. The minimum atomic E-state index is -0.348. The van der Waals surface area contributed by atoms with E-state index in [2.05, 4.69) is 49.5 Å². The van der Waals surface area contributed by atoms with Crippen molar-refractivity contribution in [3.8, 4) is 11.3 Å². The molecule has 12 heteroatoms. The van der Waals surface area contributed by atoms with E-state index in [9.17, 15) is 9.59 Å². The van der Waals surface area contributed by atoms with Crippen molar-refractivity contribution in [2.75, 3.05) is 37.4 Å². The summed E-state index contributed by atoms with van der Waals surface area (Å²) < 4.78 is 8.50. The van der Waals surface area contributed by atoms with Gasteiger partial charge in [-0.15, -0.1) is 0 Å². The van der Waals surface area contributed by atoms with Crippen LogP contribution >= 0.6 is 0 Å². The highest BCUT2D eigenvalue weighted by atomic mass is 16.5. The van der Waals surface area contributed by atoms with Gasteiger partial charge in [0.1, 0.15) is 0 Å². The number of amides is 2. The molecule has 1 aliphatic heterocycles. The molecule has 5 heterocycles. The number of methoxy groups -OCH3 is 1. The third-order valence-corrected chi connectivity index (χ3v) is 7.13. The van der Waals surface area contributed by atoms with Crippen LogP contribution in [-0.2, 0) is 16.1 Å². The summed E-state index contributed by atoms with van der Waals surface area (Å²) in [5.41, 5.74) is 4.12. The lowest BCUT2D eigenvalue weighted by Crippen LogP contribution is -2.42. The molecule has 5 rings (SSSR count). The molecule has 1 fully saturated rings. The lowest BCUT2D eigenvalue weighted by Gasteiger charge is -2.30. The smallest absolute Gasteiger partial charge is 0.259 e.